The number of rotatable bonds is 5. The molecule has 1 amide bonds. The third kappa shape index (κ3) is 4.35. The topological polar surface area (TPSA) is 70.2 Å². The van der Waals surface area contributed by atoms with Crippen molar-refractivity contribution in [1.29, 1.82) is 0 Å². The summed E-state index contributed by atoms with van der Waals surface area (Å²) in [7, 11) is 0. The Morgan fingerprint density at radius 3 is 2.86 bits per heavy atom. The van der Waals surface area contributed by atoms with Crippen LogP contribution in [0.25, 0.3) is 0 Å². The molecule has 0 saturated carbocycles. The van der Waals surface area contributed by atoms with Crippen LogP contribution >= 0.6 is 0 Å². The zero-order valence-corrected chi connectivity index (χ0v) is 15.6. The number of pyridine rings is 2. The molecule has 6 heteroatoms. The van der Waals surface area contributed by atoms with E-state index in [1.807, 2.05) is 24.3 Å². The molecule has 0 radical (unpaired) electrons. The molecule has 1 atom stereocenters. The largest absolute Gasteiger partial charge is 0.353 e. The molecule has 28 heavy (non-hydrogen) atoms. The van der Waals surface area contributed by atoms with Gasteiger partial charge in [-0.15, -0.1) is 0 Å². The number of anilines is 1. The number of hydrogen-bond acceptors (Lipinski definition) is 5. The summed E-state index contributed by atoms with van der Waals surface area (Å²) in [6.07, 6.45) is 5.17. The number of piperazine rings is 1. The Hall–Kier alpha value is -3.25. The normalized spacial score (nSPS) is 16.6. The number of carbonyl (C=O) groups is 1. The van der Waals surface area contributed by atoms with Crippen molar-refractivity contribution in [3.63, 3.8) is 0 Å². The van der Waals surface area contributed by atoms with E-state index in [4.69, 9.17) is 0 Å². The van der Waals surface area contributed by atoms with E-state index < -0.39 is 0 Å². The predicted octanol–water partition coefficient (Wildman–Crippen LogP) is 2.56. The van der Waals surface area contributed by atoms with Gasteiger partial charge in [0.05, 0.1) is 0 Å². The Morgan fingerprint density at radius 1 is 1.14 bits per heavy atom. The lowest BCUT2D eigenvalue weighted by molar-refractivity contribution is 0.0951. The maximum Gasteiger partial charge on any atom is 0.251 e. The lowest BCUT2D eigenvalue weighted by atomic mass is 10.0. The number of aromatic nitrogens is 2. The van der Waals surface area contributed by atoms with Gasteiger partial charge in [-0.25, -0.2) is 4.98 Å². The monoisotopic (exact) mass is 373 g/mol. The van der Waals surface area contributed by atoms with Crippen LogP contribution in [-0.4, -0.2) is 35.5 Å². The van der Waals surface area contributed by atoms with Crippen molar-refractivity contribution in [2.75, 3.05) is 24.5 Å². The van der Waals surface area contributed by atoms with Gasteiger partial charge in [-0.05, 0) is 29.3 Å². The van der Waals surface area contributed by atoms with Gasteiger partial charge in [-0.2, -0.15) is 0 Å². The molecule has 1 aromatic carbocycles. The van der Waals surface area contributed by atoms with Gasteiger partial charge in [-0.3, -0.25) is 9.78 Å². The molecule has 0 aliphatic carbocycles. The molecular formula is C22H23N5O. The molecule has 1 aliphatic heterocycles. The molecule has 3 aromatic rings. The van der Waals surface area contributed by atoms with Crippen LogP contribution in [-0.2, 0) is 6.54 Å². The molecule has 4 rings (SSSR count). The first-order valence-electron chi connectivity index (χ1n) is 9.46. The van der Waals surface area contributed by atoms with Crippen molar-refractivity contribution in [2.24, 2.45) is 0 Å². The number of benzene rings is 1. The summed E-state index contributed by atoms with van der Waals surface area (Å²) >= 11 is 0. The summed E-state index contributed by atoms with van der Waals surface area (Å²) in [5.41, 5.74) is 2.85. The van der Waals surface area contributed by atoms with Crippen LogP contribution in [0.15, 0.2) is 73.2 Å². The first-order valence-corrected chi connectivity index (χ1v) is 9.46. The lowest BCUT2D eigenvalue weighted by Crippen LogP contribution is -2.46. The highest BCUT2D eigenvalue weighted by Crippen LogP contribution is 2.21. The van der Waals surface area contributed by atoms with Crippen LogP contribution in [0.4, 0.5) is 5.82 Å². The number of amides is 1. The van der Waals surface area contributed by atoms with Crippen LogP contribution in [0.3, 0.4) is 0 Å². The second-order valence-corrected chi connectivity index (χ2v) is 6.81. The summed E-state index contributed by atoms with van der Waals surface area (Å²) in [6, 6.07) is 18.1. The van der Waals surface area contributed by atoms with Gasteiger partial charge in [0.2, 0.25) is 0 Å². The molecule has 6 nitrogen and oxygen atoms in total. The highest BCUT2D eigenvalue weighted by molar-refractivity contribution is 5.94. The van der Waals surface area contributed by atoms with Crippen molar-refractivity contribution in [3.05, 3.63) is 89.9 Å². The van der Waals surface area contributed by atoms with Crippen LogP contribution in [0, 0.1) is 0 Å². The molecule has 1 fully saturated rings. The molecule has 0 spiro atoms. The number of hydrogen-bond donors (Lipinski definition) is 2. The molecule has 3 heterocycles. The minimum Gasteiger partial charge on any atom is -0.353 e. The predicted molar refractivity (Wildman–Crippen MR) is 109 cm³/mol. The Balaban J connectivity index is 1.43. The van der Waals surface area contributed by atoms with Gasteiger partial charge in [0, 0.05) is 56.4 Å². The Bertz CT molecular complexity index is 916. The minimum atomic E-state index is -0.109. The molecule has 0 bridgehead atoms. The molecule has 142 valence electrons. The first kappa shape index (κ1) is 18.1. The average molecular weight is 373 g/mol. The fourth-order valence-corrected chi connectivity index (χ4v) is 3.39. The van der Waals surface area contributed by atoms with Gasteiger partial charge < -0.3 is 15.5 Å². The Morgan fingerprint density at radius 2 is 2.04 bits per heavy atom. The third-order valence-electron chi connectivity index (χ3n) is 4.88. The van der Waals surface area contributed by atoms with E-state index in [0.717, 1.165) is 31.0 Å². The van der Waals surface area contributed by atoms with Crippen LogP contribution in [0.2, 0.25) is 0 Å². The maximum atomic E-state index is 12.5. The van der Waals surface area contributed by atoms with Crippen molar-refractivity contribution in [3.8, 4) is 0 Å². The van der Waals surface area contributed by atoms with E-state index in [9.17, 15) is 4.79 Å². The van der Waals surface area contributed by atoms with Crippen LogP contribution in [0.5, 0.6) is 0 Å². The van der Waals surface area contributed by atoms with Gasteiger partial charge in [0.1, 0.15) is 5.82 Å². The fourth-order valence-electron chi connectivity index (χ4n) is 3.39. The highest BCUT2D eigenvalue weighted by atomic mass is 16.1. The maximum absolute atomic E-state index is 12.5. The zero-order chi connectivity index (χ0) is 19.2. The van der Waals surface area contributed by atoms with Crippen molar-refractivity contribution in [2.45, 2.75) is 12.6 Å². The van der Waals surface area contributed by atoms with Gasteiger partial charge in [0.25, 0.3) is 5.91 Å². The molecule has 2 N–H and O–H groups in total. The molecule has 1 saturated heterocycles. The Labute approximate surface area is 164 Å². The van der Waals surface area contributed by atoms with Crippen molar-refractivity contribution >= 4 is 11.7 Å². The van der Waals surface area contributed by atoms with Gasteiger partial charge >= 0.3 is 0 Å². The summed E-state index contributed by atoms with van der Waals surface area (Å²) < 4.78 is 0. The molecule has 1 aliphatic rings. The SMILES string of the molecule is O=C(NCc1cccnc1)c1ccnc(N2CCN[C@@H](c3ccccc3)C2)c1. The van der Waals surface area contributed by atoms with E-state index in [1.165, 1.54) is 5.56 Å². The second-order valence-electron chi connectivity index (χ2n) is 6.81. The van der Waals surface area contributed by atoms with Crippen molar-refractivity contribution < 1.29 is 4.79 Å². The molecule has 0 unspecified atom stereocenters. The van der Waals surface area contributed by atoms with Gasteiger partial charge in [-0.1, -0.05) is 36.4 Å². The second kappa shape index (κ2) is 8.63. The highest BCUT2D eigenvalue weighted by Gasteiger charge is 2.22. The minimum absolute atomic E-state index is 0.109. The summed E-state index contributed by atoms with van der Waals surface area (Å²) in [4.78, 5) is 23.3. The first-order chi connectivity index (χ1) is 13.8. The lowest BCUT2D eigenvalue weighted by Gasteiger charge is -2.34. The molecule has 2 aromatic heterocycles. The standard InChI is InChI=1S/C22H23N5O/c28-22(26-15-17-5-4-9-23-14-17)19-8-10-25-21(13-19)27-12-11-24-20(16-27)18-6-2-1-3-7-18/h1-10,13-14,20,24H,11-12,15-16H2,(H,26,28)/t20-/m1/s1. The number of nitrogens with one attached hydrogen (secondary N) is 2. The molecular weight excluding hydrogens is 350 g/mol. The van der Waals surface area contributed by atoms with E-state index in [-0.39, 0.29) is 11.9 Å². The summed E-state index contributed by atoms with van der Waals surface area (Å²) in [5, 5.41) is 6.50. The van der Waals surface area contributed by atoms with E-state index in [1.54, 1.807) is 24.7 Å². The zero-order valence-electron chi connectivity index (χ0n) is 15.6. The Kier molecular flexibility index (Phi) is 5.58. The average Bonchev–Trinajstić information content (AvgIpc) is 2.79. The quantitative estimate of drug-likeness (QED) is 0.719. The smallest absolute Gasteiger partial charge is 0.251 e. The van der Waals surface area contributed by atoms with E-state index >= 15 is 0 Å². The fraction of sp³-hybridized carbons (Fsp3) is 0.227. The van der Waals surface area contributed by atoms with Gasteiger partial charge in [0.15, 0.2) is 0 Å². The summed E-state index contributed by atoms with van der Waals surface area (Å²) in [5.74, 6) is 0.721. The summed E-state index contributed by atoms with van der Waals surface area (Å²) in [6.45, 7) is 3.00. The van der Waals surface area contributed by atoms with E-state index in [0.29, 0.717) is 12.1 Å². The number of nitrogens with zero attached hydrogens (tertiary/aromatic N) is 3. The third-order valence-corrected chi connectivity index (χ3v) is 4.88. The van der Waals surface area contributed by atoms with Crippen LogP contribution in [0.1, 0.15) is 27.5 Å². The van der Waals surface area contributed by atoms with E-state index in [2.05, 4.69) is 49.8 Å². The number of carbonyl (C=O) groups excluding carboxylic acids is 1. The van der Waals surface area contributed by atoms with Crippen molar-refractivity contribution in [1.82, 2.24) is 20.6 Å². The van der Waals surface area contributed by atoms with Crippen LogP contribution < -0.4 is 15.5 Å².